The lowest BCUT2D eigenvalue weighted by Gasteiger charge is -2.23. The van der Waals surface area contributed by atoms with Gasteiger partial charge in [-0.2, -0.15) is 0 Å². The van der Waals surface area contributed by atoms with E-state index in [-0.39, 0.29) is 0 Å². The van der Waals surface area contributed by atoms with E-state index in [9.17, 15) is 9.90 Å². The summed E-state index contributed by atoms with van der Waals surface area (Å²) in [6.07, 6.45) is -3.53. The van der Waals surface area contributed by atoms with Gasteiger partial charge in [0.05, 0.1) is 6.61 Å². The van der Waals surface area contributed by atoms with Crippen molar-refractivity contribution >= 4 is 5.78 Å². The third-order valence-electron chi connectivity index (χ3n) is 1.93. The van der Waals surface area contributed by atoms with Crippen LogP contribution in [-0.2, 0) is 4.79 Å². The van der Waals surface area contributed by atoms with Crippen LogP contribution in [0, 0.1) is 0 Å². The first-order valence-corrected chi connectivity index (χ1v) is 3.23. The van der Waals surface area contributed by atoms with Gasteiger partial charge in [0.15, 0.2) is 5.78 Å². The van der Waals surface area contributed by atoms with Crippen LogP contribution in [0.5, 0.6) is 0 Å². The van der Waals surface area contributed by atoms with Crippen molar-refractivity contribution in [1.29, 1.82) is 0 Å². The van der Waals surface area contributed by atoms with Gasteiger partial charge in [-0.3, -0.25) is 4.79 Å². The molecule has 1 unspecified atom stereocenters. The molecule has 1 rings (SSSR count). The first kappa shape index (κ1) is 8.61. The fraction of sp³-hybridized carbons (Fsp3) is 0.833. The van der Waals surface area contributed by atoms with Gasteiger partial charge in [-0.05, 0) is 0 Å². The Bertz CT molecular complexity index is 180. The quantitative estimate of drug-likeness (QED) is 0.339. The SMILES string of the molecule is O=C1CC(O)(CO)[C@@H](O)[C@H]1O. The van der Waals surface area contributed by atoms with Crippen molar-refractivity contribution in [1.82, 2.24) is 0 Å². The second-order valence-corrected chi connectivity index (χ2v) is 2.79. The number of rotatable bonds is 1. The summed E-state index contributed by atoms with van der Waals surface area (Å²) in [5.74, 6) is -0.644. The smallest absolute Gasteiger partial charge is 0.167 e. The molecular weight excluding hydrogens is 152 g/mol. The lowest BCUT2D eigenvalue weighted by Crippen LogP contribution is -2.45. The molecule has 1 aliphatic rings. The summed E-state index contributed by atoms with van der Waals surface area (Å²) < 4.78 is 0. The predicted octanol–water partition coefficient (Wildman–Crippen LogP) is -2.60. The van der Waals surface area contributed by atoms with Gasteiger partial charge in [-0.1, -0.05) is 0 Å². The van der Waals surface area contributed by atoms with Crippen molar-refractivity contribution in [3.63, 3.8) is 0 Å². The standard InChI is InChI=1S/C6H10O5/c7-2-6(11)1-3(8)4(9)5(6)10/h4-5,7,9-11H,1-2H2/t4-,5-,6?/m0/s1. The second kappa shape index (κ2) is 2.53. The highest BCUT2D eigenvalue weighted by molar-refractivity contribution is 5.87. The van der Waals surface area contributed by atoms with Crippen molar-refractivity contribution in [3.8, 4) is 0 Å². The highest BCUT2D eigenvalue weighted by atomic mass is 16.4. The maximum atomic E-state index is 10.7. The number of carbonyl (C=O) groups is 1. The third kappa shape index (κ3) is 1.16. The van der Waals surface area contributed by atoms with Gasteiger partial charge in [0.1, 0.15) is 17.8 Å². The molecule has 1 aliphatic carbocycles. The Morgan fingerprint density at radius 2 is 2.09 bits per heavy atom. The minimum Gasteiger partial charge on any atom is -0.393 e. The van der Waals surface area contributed by atoms with Crippen LogP contribution in [0.25, 0.3) is 0 Å². The van der Waals surface area contributed by atoms with Crippen LogP contribution >= 0.6 is 0 Å². The average Bonchev–Trinajstić information content (AvgIpc) is 2.17. The maximum Gasteiger partial charge on any atom is 0.167 e. The summed E-state index contributed by atoms with van der Waals surface area (Å²) >= 11 is 0. The van der Waals surface area contributed by atoms with Gasteiger partial charge >= 0.3 is 0 Å². The molecule has 1 saturated carbocycles. The molecule has 5 nitrogen and oxygen atoms in total. The van der Waals surface area contributed by atoms with Crippen LogP contribution < -0.4 is 0 Å². The number of ketones is 1. The van der Waals surface area contributed by atoms with Crippen LogP contribution in [0.1, 0.15) is 6.42 Å². The van der Waals surface area contributed by atoms with Gasteiger partial charge in [0.25, 0.3) is 0 Å². The molecule has 11 heavy (non-hydrogen) atoms. The Balaban J connectivity index is 2.82. The molecular formula is C6H10O5. The van der Waals surface area contributed by atoms with E-state index in [1.54, 1.807) is 0 Å². The Labute approximate surface area is 62.9 Å². The largest absolute Gasteiger partial charge is 0.393 e. The number of hydrogen-bond donors (Lipinski definition) is 4. The molecule has 4 N–H and O–H groups in total. The summed E-state index contributed by atoms with van der Waals surface area (Å²) in [4.78, 5) is 10.7. The van der Waals surface area contributed by atoms with Gasteiger partial charge in [-0.25, -0.2) is 0 Å². The zero-order valence-electron chi connectivity index (χ0n) is 5.77. The minimum atomic E-state index is -1.85. The van der Waals surface area contributed by atoms with Gasteiger partial charge in [-0.15, -0.1) is 0 Å². The fourth-order valence-corrected chi connectivity index (χ4v) is 1.13. The summed E-state index contributed by atoms with van der Waals surface area (Å²) in [5.41, 5.74) is -1.85. The lowest BCUT2D eigenvalue weighted by atomic mass is 10.0. The Morgan fingerprint density at radius 1 is 1.55 bits per heavy atom. The second-order valence-electron chi connectivity index (χ2n) is 2.79. The average molecular weight is 162 g/mol. The van der Waals surface area contributed by atoms with Crippen molar-refractivity contribution in [2.24, 2.45) is 0 Å². The highest BCUT2D eigenvalue weighted by Gasteiger charge is 2.50. The number of aliphatic hydroxyl groups is 4. The molecule has 0 heterocycles. The first-order chi connectivity index (χ1) is 5.01. The van der Waals surface area contributed by atoms with Crippen molar-refractivity contribution < 1.29 is 25.2 Å². The fourth-order valence-electron chi connectivity index (χ4n) is 1.13. The van der Waals surface area contributed by atoms with E-state index < -0.39 is 36.6 Å². The van der Waals surface area contributed by atoms with E-state index in [0.717, 1.165) is 0 Å². The molecule has 0 bridgehead atoms. The molecule has 0 radical (unpaired) electrons. The normalized spacial score (nSPS) is 44.9. The molecule has 1 fully saturated rings. The van der Waals surface area contributed by atoms with E-state index in [1.807, 2.05) is 0 Å². The number of Topliss-reactive ketones (excluding diaryl/α,β-unsaturated/α-hetero) is 1. The third-order valence-corrected chi connectivity index (χ3v) is 1.93. The molecule has 0 aliphatic heterocycles. The monoisotopic (exact) mass is 162 g/mol. The van der Waals surface area contributed by atoms with Crippen LogP contribution in [0.2, 0.25) is 0 Å². The van der Waals surface area contributed by atoms with Gasteiger partial charge in [0, 0.05) is 6.42 Å². The summed E-state index contributed by atoms with van der Waals surface area (Å²) in [6.45, 7) is -0.725. The first-order valence-electron chi connectivity index (χ1n) is 3.23. The number of aliphatic hydroxyl groups excluding tert-OH is 3. The summed E-state index contributed by atoms with van der Waals surface area (Å²) in [6, 6.07) is 0. The molecule has 5 heteroatoms. The van der Waals surface area contributed by atoms with E-state index in [0.29, 0.717) is 0 Å². The molecule has 0 saturated heterocycles. The van der Waals surface area contributed by atoms with Crippen LogP contribution in [0.3, 0.4) is 0 Å². The highest BCUT2D eigenvalue weighted by Crippen LogP contribution is 2.27. The zero-order chi connectivity index (χ0) is 8.65. The maximum absolute atomic E-state index is 10.7. The Kier molecular flexibility index (Phi) is 1.98. The van der Waals surface area contributed by atoms with Crippen LogP contribution in [-0.4, -0.2) is 50.6 Å². The minimum absolute atomic E-state index is 0.397. The molecule has 0 aromatic carbocycles. The van der Waals surface area contributed by atoms with Crippen molar-refractivity contribution in [2.45, 2.75) is 24.2 Å². The topological polar surface area (TPSA) is 98.0 Å². The van der Waals surface area contributed by atoms with E-state index in [2.05, 4.69) is 0 Å². The number of hydrogen-bond acceptors (Lipinski definition) is 5. The van der Waals surface area contributed by atoms with Gasteiger partial charge < -0.3 is 20.4 Å². The molecule has 64 valence electrons. The Hall–Kier alpha value is -0.490. The zero-order valence-corrected chi connectivity index (χ0v) is 5.77. The van der Waals surface area contributed by atoms with Gasteiger partial charge in [0.2, 0.25) is 0 Å². The molecule has 0 aromatic rings. The van der Waals surface area contributed by atoms with Crippen molar-refractivity contribution in [3.05, 3.63) is 0 Å². The lowest BCUT2D eigenvalue weighted by molar-refractivity contribution is -0.128. The van der Waals surface area contributed by atoms with Crippen LogP contribution in [0.4, 0.5) is 0 Å². The van der Waals surface area contributed by atoms with Crippen molar-refractivity contribution in [2.75, 3.05) is 6.61 Å². The molecule has 0 spiro atoms. The summed E-state index contributed by atoms with van der Waals surface area (Å²) in [7, 11) is 0. The summed E-state index contributed by atoms with van der Waals surface area (Å²) in [5, 5.41) is 35.7. The van der Waals surface area contributed by atoms with E-state index in [4.69, 9.17) is 15.3 Å². The predicted molar refractivity (Wildman–Crippen MR) is 33.7 cm³/mol. The number of carbonyl (C=O) groups excluding carboxylic acids is 1. The molecule has 3 atom stereocenters. The van der Waals surface area contributed by atoms with E-state index >= 15 is 0 Å². The van der Waals surface area contributed by atoms with Crippen LogP contribution in [0.15, 0.2) is 0 Å². The molecule has 0 amide bonds. The molecule has 0 aromatic heterocycles. The van der Waals surface area contributed by atoms with E-state index in [1.165, 1.54) is 0 Å². The Morgan fingerprint density at radius 3 is 2.27 bits per heavy atom.